The van der Waals surface area contributed by atoms with Crippen molar-refractivity contribution in [1.29, 1.82) is 0 Å². The average molecular weight is 367 g/mol. The van der Waals surface area contributed by atoms with Crippen LogP contribution in [0.25, 0.3) is 0 Å². The lowest BCUT2D eigenvalue weighted by Crippen LogP contribution is -2.47. The van der Waals surface area contributed by atoms with Gasteiger partial charge in [-0.3, -0.25) is 0 Å². The number of fused-ring (bicyclic) bond motifs is 1. The first kappa shape index (κ1) is 16.7. The van der Waals surface area contributed by atoms with E-state index in [0.29, 0.717) is 0 Å². The van der Waals surface area contributed by atoms with Crippen LogP contribution in [0.2, 0.25) is 0 Å². The molecular weight excluding hydrogens is 342 g/mol. The van der Waals surface area contributed by atoms with Gasteiger partial charge in [0.25, 0.3) is 0 Å². The second-order valence-electron chi connectivity index (χ2n) is 7.26. The largest absolute Gasteiger partial charge is 0.378 e. The van der Waals surface area contributed by atoms with Gasteiger partial charge in [0.2, 0.25) is 5.95 Å². The summed E-state index contributed by atoms with van der Waals surface area (Å²) < 4.78 is 5.43. The summed E-state index contributed by atoms with van der Waals surface area (Å²) in [5, 5.41) is 0. The zero-order chi connectivity index (χ0) is 18.1. The first-order chi connectivity index (χ1) is 13.4. The minimum atomic E-state index is 0.746. The van der Waals surface area contributed by atoms with Gasteiger partial charge in [-0.05, 0) is 25.3 Å². The number of piperazine rings is 1. The second-order valence-corrected chi connectivity index (χ2v) is 7.26. The molecule has 8 heteroatoms. The Balaban J connectivity index is 1.28. The minimum Gasteiger partial charge on any atom is -0.378 e. The third-order valence-electron chi connectivity index (χ3n) is 5.68. The topological polar surface area (TPSA) is 70.5 Å². The molecule has 0 atom stereocenters. The number of aryl methyl sites for hydroxylation is 1. The fraction of sp³-hybridized carbons (Fsp3) is 0.579. The molecule has 142 valence electrons. The molecule has 2 aromatic heterocycles. The minimum absolute atomic E-state index is 0.746. The Morgan fingerprint density at radius 2 is 1.63 bits per heavy atom. The number of nitrogens with zero attached hydrogens (tertiary/aromatic N) is 7. The zero-order valence-corrected chi connectivity index (χ0v) is 15.5. The summed E-state index contributed by atoms with van der Waals surface area (Å²) in [5.74, 6) is 2.97. The molecule has 27 heavy (non-hydrogen) atoms. The predicted octanol–water partition coefficient (Wildman–Crippen LogP) is 0.918. The van der Waals surface area contributed by atoms with Gasteiger partial charge < -0.3 is 19.4 Å². The summed E-state index contributed by atoms with van der Waals surface area (Å²) in [6, 6.07) is 2.02. The van der Waals surface area contributed by atoms with E-state index in [0.717, 1.165) is 82.9 Å². The monoisotopic (exact) mass is 367 g/mol. The SMILES string of the molecule is c1cc(N2CCN(c3ncnc4c3CCC4)CC2)nc(N2CCOCC2)n1. The summed E-state index contributed by atoms with van der Waals surface area (Å²) in [5.41, 5.74) is 2.61. The van der Waals surface area contributed by atoms with Gasteiger partial charge >= 0.3 is 0 Å². The Labute approximate surface area is 159 Å². The van der Waals surface area contributed by atoms with Gasteiger partial charge in [0.05, 0.1) is 13.2 Å². The molecule has 3 aliphatic rings. The number of hydrogen-bond acceptors (Lipinski definition) is 8. The molecule has 0 saturated carbocycles. The van der Waals surface area contributed by atoms with Crippen LogP contribution in [-0.4, -0.2) is 72.4 Å². The van der Waals surface area contributed by atoms with Crippen molar-refractivity contribution in [1.82, 2.24) is 19.9 Å². The maximum absolute atomic E-state index is 5.43. The van der Waals surface area contributed by atoms with Gasteiger partial charge in [0.1, 0.15) is 18.0 Å². The number of anilines is 3. The van der Waals surface area contributed by atoms with E-state index in [1.54, 1.807) is 6.33 Å². The highest BCUT2D eigenvalue weighted by atomic mass is 16.5. The van der Waals surface area contributed by atoms with Crippen LogP contribution >= 0.6 is 0 Å². The highest BCUT2D eigenvalue weighted by molar-refractivity contribution is 5.53. The fourth-order valence-corrected chi connectivity index (χ4v) is 4.19. The Bertz CT molecular complexity index is 800. The van der Waals surface area contributed by atoms with Crippen LogP contribution in [-0.2, 0) is 17.6 Å². The molecule has 0 radical (unpaired) electrons. The van der Waals surface area contributed by atoms with E-state index in [4.69, 9.17) is 9.72 Å². The molecule has 0 spiro atoms. The molecule has 2 fully saturated rings. The molecule has 4 heterocycles. The highest BCUT2D eigenvalue weighted by Gasteiger charge is 2.25. The van der Waals surface area contributed by atoms with E-state index < -0.39 is 0 Å². The number of aromatic nitrogens is 4. The van der Waals surface area contributed by atoms with Crippen LogP contribution < -0.4 is 14.7 Å². The molecule has 0 bridgehead atoms. The van der Waals surface area contributed by atoms with Crippen molar-refractivity contribution >= 4 is 17.6 Å². The van der Waals surface area contributed by atoms with E-state index in [-0.39, 0.29) is 0 Å². The second kappa shape index (κ2) is 7.26. The van der Waals surface area contributed by atoms with E-state index in [1.165, 1.54) is 17.7 Å². The van der Waals surface area contributed by atoms with Gasteiger partial charge in [-0.25, -0.2) is 15.0 Å². The van der Waals surface area contributed by atoms with E-state index in [1.807, 2.05) is 12.3 Å². The number of ether oxygens (including phenoxy) is 1. The first-order valence-corrected chi connectivity index (χ1v) is 9.87. The van der Waals surface area contributed by atoms with Gasteiger partial charge in [-0.1, -0.05) is 0 Å². The lowest BCUT2D eigenvalue weighted by Gasteiger charge is -2.37. The third kappa shape index (κ3) is 3.29. The molecule has 8 nitrogen and oxygen atoms in total. The van der Waals surface area contributed by atoms with Crippen LogP contribution in [0, 0.1) is 0 Å². The van der Waals surface area contributed by atoms with Crippen LogP contribution in [0.4, 0.5) is 17.6 Å². The zero-order valence-electron chi connectivity index (χ0n) is 15.5. The summed E-state index contributed by atoms with van der Waals surface area (Å²) in [4.78, 5) is 25.3. The Morgan fingerprint density at radius 1 is 0.815 bits per heavy atom. The standard InChI is InChI=1S/C19H25N7O/c1-2-15-16(3-1)21-14-22-18(15)25-8-6-24(7-9-25)17-4-5-20-19(23-17)26-10-12-27-13-11-26/h4-5,14H,1-3,6-13H2. The maximum Gasteiger partial charge on any atom is 0.227 e. The van der Waals surface area contributed by atoms with Crippen LogP contribution in [0.3, 0.4) is 0 Å². The molecule has 0 N–H and O–H groups in total. The van der Waals surface area contributed by atoms with Crippen molar-refractivity contribution in [2.45, 2.75) is 19.3 Å². The van der Waals surface area contributed by atoms with Crippen molar-refractivity contribution in [3.8, 4) is 0 Å². The fourth-order valence-electron chi connectivity index (χ4n) is 4.19. The van der Waals surface area contributed by atoms with Crippen molar-refractivity contribution in [2.24, 2.45) is 0 Å². The van der Waals surface area contributed by atoms with Gasteiger partial charge in [-0.2, -0.15) is 4.98 Å². The molecule has 2 aliphatic heterocycles. The van der Waals surface area contributed by atoms with Gasteiger partial charge in [0, 0.05) is 56.7 Å². The van der Waals surface area contributed by atoms with Crippen LogP contribution in [0.1, 0.15) is 17.7 Å². The highest BCUT2D eigenvalue weighted by Crippen LogP contribution is 2.29. The molecule has 0 unspecified atom stereocenters. The van der Waals surface area contributed by atoms with E-state index in [2.05, 4.69) is 29.7 Å². The van der Waals surface area contributed by atoms with Crippen molar-refractivity contribution in [3.63, 3.8) is 0 Å². The summed E-state index contributed by atoms with van der Waals surface area (Å²) >= 11 is 0. The molecule has 0 amide bonds. The summed E-state index contributed by atoms with van der Waals surface area (Å²) in [6.07, 6.45) is 7.00. The quantitative estimate of drug-likeness (QED) is 0.793. The number of morpholine rings is 1. The Kier molecular flexibility index (Phi) is 4.49. The van der Waals surface area contributed by atoms with Crippen LogP contribution in [0.15, 0.2) is 18.6 Å². The smallest absolute Gasteiger partial charge is 0.227 e. The Morgan fingerprint density at radius 3 is 2.48 bits per heavy atom. The normalized spacial score (nSPS) is 20.1. The maximum atomic E-state index is 5.43. The molecule has 1 aliphatic carbocycles. The van der Waals surface area contributed by atoms with Gasteiger partial charge in [-0.15, -0.1) is 0 Å². The molecule has 0 aromatic carbocycles. The predicted molar refractivity (Wildman–Crippen MR) is 104 cm³/mol. The van der Waals surface area contributed by atoms with Crippen LogP contribution in [0.5, 0.6) is 0 Å². The first-order valence-electron chi connectivity index (χ1n) is 9.87. The Hall–Kier alpha value is -2.48. The molecular formula is C19H25N7O. The summed E-state index contributed by atoms with van der Waals surface area (Å²) in [6.45, 7) is 7.01. The lowest BCUT2D eigenvalue weighted by molar-refractivity contribution is 0.122. The lowest BCUT2D eigenvalue weighted by atomic mass is 10.2. The van der Waals surface area contributed by atoms with Crippen molar-refractivity contribution < 1.29 is 4.74 Å². The third-order valence-corrected chi connectivity index (χ3v) is 5.68. The molecule has 2 saturated heterocycles. The summed E-state index contributed by atoms with van der Waals surface area (Å²) in [7, 11) is 0. The van der Waals surface area contributed by atoms with Crippen molar-refractivity contribution in [2.75, 3.05) is 67.2 Å². The average Bonchev–Trinajstić information content (AvgIpc) is 3.24. The molecule has 2 aromatic rings. The molecule has 5 rings (SSSR count). The number of rotatable bonds is 3. The van der Waals surface area contributed by atoms with Crippen molar-refractivity contribution in [3.05, 3.63) is 29.8 Å². The van der Waals surface area contributed by atoms with Gasteiger partial charge in [0.15, 0.2) is 0 Å². The number of hydrogen-bond donors (Lipinski definition) is 0. The van der Waals surface area contributed by atoms with E-state index in [9.17, 15) is 0 Å². The van der Waals surface area contributed by atoms with E-state index >= 15 is 0 Å².